The van der Waals surface area contributed by atoms with Crippen LogP contribution in [-0.4, -0.2) is 19.0 Å². The molecule has 0 radical (unpaired) electrons. The second kappa shape index (κ2) is 7.07. The lowest BCUT2D eigenvalue weighted by Gasteiger charge is -2.04. The first kappa shape index (κ1) is 12.8. The molecule has 2 nitrogen and oxygen atoms in total. The number of halogens is 1. The molecule has 0 heterocycles. The smallest absolute Gasteiger partial charge is 0.333 e. The summed E-state index contributed by atoms with van der Waals surface area (Å²) in [5.74, 6) is 0.261. The second-order valence-electron chi connectivity index (χ2n) is 3.36. The standard InChI is InChI=1S/C13H15ClO2/c1-16-13(15)12(8-5-9-14)10-11-6-3-2-4-7-11/h2-4,6-7,10H,5,8-9H2,1H3/b12-10-. The number of esters is 1. The minimum absolute atomic E-state index is 0.283. The van der Waals surface area contributed by atoms with Crippen molar-refractivity contribution in [3.8, 4) is 0 Å². The van der Waals surface area contributed by atoms with Crippen LogP contribution in [0.1, 0.15) is 18.4 Å². The molecule has 1 rings (SSSR count). The second-order valence-corrected chi connectivity index (χ2v) is 3.74. The summed E-state index contributed by atoms with van der Waals surface area (Å²) in [6, 6.07) is 9.70. The van der Waals surface area contributed by atoms with Crippen LogP contribution in [0.15, 0.2) is 35.9 Å². The molecule has 0 aliphatic heterocycles. The number of carbonyl (C=O) groups excluding carboxylic acids is 1. The fraction of sp³-hybridized carbons (Fsp3) is 0.308. The molecule has 0 aliphatic carbocycles. The van der Waals surface area contributed by atoms with Crippen LogP contribution in [0.2, 0.25) is 0 Å². The quantitative estimate of drug-likeness (QED) is 0.447. The third-order valence-electron chi connectivity index (χ3n) is 2.17. The van der Waals surface area contributed by atoms with E-state index in [0.717, 1.165) is 12.0 Å². The van der Waals surface area contributed by atoms with Crippen molar-refractivity contribution in [3.05, 3.63) is 41.5 Å². The highest BCUT2D eigenvalue weighted by Gasteiger charge is 2.08. The zero-order valence-electron chi connectivity index (χ0n) is 9.28. The molecule has 16 heavy (non-hydrogen) atoms. The largest absolute Gasteiger partial charge is 0.466 e. The maximum absolute atomic E-state index is 11.5. The average Bonchev–Trinajstić information content (AvgIpc) is 2.34. The number of hydrogen-bond donors (Lipinski definition) is 0. The Morgan fingerprint density at radius 2 is 2.06 bits per heavy atom. The summed E-state index contributed by atoms with van der Waals surface area (Å²) in [4.78, 5) is 11.5. The summed E-state index contributed by atoms with van der Waals surface area (Å²) in [5.41, 5.74) is 1.66. The van der Waals surface area contributed by atoms with E-state index in [1.165, 1.54) is 7.11 Å². The van der Waals surface area contributed by atoms with Gasteiger partial charge in [0.1, 0.15) is 0 Å². The van der Waals surface area contributed by atoms with E-state index in [2.05, 4.69) is 0 Å². The van der Waals surface area contributed by atoms with Gasteiger partial charge in [0, 0.05) is 11.5 Å². The molecule has 0 saturated carbocycles. The zero-order chi connectivity index (χ0) is 11.8. The van der Waals surface area contributed by atoms with Crippen LogP contribution in [0.25, 0.3) is 6.08 Å². The van der Waals surface area contributed by atoms with Crippen LogP contribution < -0.4 is 0 Å². The Morgan fingerprint density at radius 3 is 2.62 bits per heavy atom. The number of ether oxygens (including phenoxy) is 1. The van der Waals surface area contributed by atoms with Gasteiger partial charge < -0.3 is 4.74 Å². The molecule has 0 spiro atoms. The molecular weight excluding hydrogens is 224 g/mol. The highest BCUT2D eigenvalue weighted by Crippen LogP contribution is 2.13. The van der Waals surface area contributed by atoms with Crippen molar-refractivity contribution >= 4 is 23.6 Å². The first-order valence-corrected chi connectivity index (χ1v) is 5.71. The van der Waals surface area contributed by atoms with E-state index in [4.69, 9.17) is 16.3 Å². The normalized spacial score (nSPS) is 11.2. The number of rotatable bonds is 5. The summed E-state index contributed by atoms with van der Waals surface area (Å²) in [6.45, 7) is 0. The van der Waals surface area contributed by atoms with E-state index in [-0.39, 0.29) is 5.97 Å². The van der Waals surface area contributed by atoms with Crippen LogP contribution in [0.3, 0.4) is 0 Å². The fourth-order valence-electron chi connectivity index (χ4n) is 1.37. The van der Waals surface area contributed by atoms with Gasteiger partial charge in [-0.05, 0) is 24.5 Å². The number of carbonyl (C=O) groups is 1. The maximum atomic E-state index is 11.5. The zero-order valence-corrected chi connectivity index (χ0v) is 10.0. The van der Waals surface area contributed by atoms with E-state index in [9.17, 15) is 4.79 Å². The van der Waals surface area contributed by atoms with E-state index in [1.54, 1.807) is 0 Å². The highest BCUT2D eigenvalue weighted by atomic mass is 35.5. The average molecular weight is 239 g/mol. The van der Waals surface area contributed by atoms with Gasteiger partial charge in [0.25, 0.3) is 0 Å². The predicted octanol–water partition coefficient (Wildman–Crippen LogP) is 3.26. The van der Waals surface area contributed by atoms with Crippen molar-refractivity contribution in [1.82, 2.24) is 0 Å². The molecule has 0 fully saturated rings. The summed E-state index contributed by atoms with van der Waals surface area (Å²) < 4.78 is 4.73. The molecule has 3 heteroatoms. The molecule has 1 aromatic carbocycles. The van der Waals surface area contributed by atoms with Crippen molar-refractivity contribution in [2.24, 2.45) is 0 Å². The SMILES string of the molecule is COC(=O)/C(=C\c1ccccc1)CCCCl. The topological polar surface area (TPSA) is 26.3 Å². The minimum Gasteiger partial charge on any atom is -0.466 e. The van der Waals surface area contributed by atoms with Gasteiger partial charge in [0.2, 0.25) is 0 Å². The molecule has 86 valence electrons. The van der Waals surface area contributed by atoms with Gasteiger partial charge in [-0.15, -0.1) is 11.6 Å². The van der Waals surface area contributed by atoms with Gasteiger partial charge in [0.05, 0.1) is 7.11 Å². The Labute approximate surface area is 101 Å². The summed E-state index contributed by atoms with van der Waals surface area (Å²) in [7, 11) is 1.39. The monoisotopic (exact) mass is 238 g/mol. The van der Waals surface area contributed by atoms with Crippen molar-refractivity contribution in [2.75, 3.05) is 13.0 Å². The van der Waals surface area contributed by atoms with E-state index in [0.29, 0.717) is 17.9 Å². The van der Waals surface area contributed by atoms with Gasteiger partial charge in [-0.2, -0.15) is 0 Å². The molecule has 1 aromatic rings. The van der Waals surface area contributed by atoms with Crippen LogP contribution in [0.5, 0.6) is 0 Å². The molecule has 0 bridgehead atoms. The highest BCUT2D eigenvalue weighted by molar-refractivity contribution is 6.17. The molecule has 0 N–H and O–H groups in total. The Bertz CT molecular complexity index is 357. The number of methoxy groups -OCH3 is 1. The lowest BCUT2D eigenvalue weighted by Crippen LogP contribution is -2.05. The Morgan fingerprint density at radius 1 is 1.38 bits per heavy atom. The fourth-order valence-corrected chi connectivity index (χ4v) is 1.51. The van der Waals surface area contributed by atoms with Gasteiger partial charge in [-0.3, -0.25) is 0 Å². The van der Waals surface area contributed by atoms with Gasteiger partial charge in [-0.1, -0.05) is 30.3 Å². The molecule has 0 atom stereocenters. The van der Waals surface area contributed by atoms with E-state index in [1.807, 2.05) is 36.4 Å². The third-order valence-corrected chi connectivity index (χ3v) is 2.44. The first-order chi connectivity index (χ1) is 7.77. The molecule has 0 aromatic heterocycles. The van der Waals surface area contributed by atoms with Crippen molar-refractivity contribution < 1.29 is 9.53 Å². The Hall–Kier alpha value is -1.28. The lowest BCUT2D eigenvalue weighted by atomic mass is 10.1. The molecular formula is C13H15ClO2. The van der Waals surface area contributed by atoms with Crippen LogP contribution >= 0.6 is 11.6 Å². The minimum atomic E-state index is -0.283. The van der Waals surface area contributed by atoms with Gasteiger partial charge in [0.15, 0.2) is 0 Å². The Balaban J connectivity index is 2.83. The van der Waals surface area contributed by atoms with E-state index >= 15 is 0 Å². The molecule has 0 saturated heterocycles. The summed E-state index contributed by atoms with van der Waals surface area (Å²) in [6.07, 6.45) is 3.26. The lowest BCUT2D eigenvalue weighted by molar-refractivity contribution is -0.136. The van der Waals surface area contributed by atoms with Crippen molar-refractivity contribution in [2.45, 2.75) is 12.8 Å². The molecule has 0 amide bonds. The van der Waals surface area contributed by atoms with E-state index < -0.39 is 0 Å². The van der Waals surface area contributed by atoms with Gasteiger partial charge >= 0.3 is 5.97 Å². The van der Waals surface area contributed by atoms with Gasteiger partial charge in [-0.25, -0.2) is 4.79 Å². The maximum Gasteiger partial charge on any atom is 0.333 e. The summed E-state index contributed by atoms with van der Waals surface area (Å²) >= 11 is 5.62. The van der Waals surface area contributed by atoms with Crippen molar-refractivity contribution in [3.63, 3.8) is 0 Å². The first-order valence-electron chi connectivity index (χ1n) is 5.18. The van der Waals surface area contributed by atoms with Crippen molar-refractivity contribution in [1.29, 1.82) is 0 Å². The number of benzene rings is 1. The van der Waals surface area contributed by atoms with Crippen LogP contribution in [0, 0.1) is 0 Å². The Kier molecular flexibility index (Phi) is 5.65. The predicted molar refractivity (Wildman–Crippen MR) is 66.4 cm³/mol. The molecule has 0 unspecified atom stereocenters. The third kappa shape index (κ3) is 4.07. The summed E-state index contributed by atoms with van der Waals surface area (Å²) in [5, 5.41) is 0. The number of hydrogen-bond acceptors (Lipinski definition) is 2. The number of alkyl halides is 1. The van der Waals surface area contributed by atoms with Crippen LogP contribution in [0.4, 0.5) is 0 Å². The molecule has 0 aliphatic rings. The van der Waals surface area contributed by atoms with Crippen LogP contribution in [-0.2, 0) is 9.53 Å².